The van der Waals surface area contributed by atoms with Gasteiger partial charge in [-0.3, -0.25) is 4.72 Å². The molecule has 0 aromatic heterocycles. The van der Waals surface area contributed by atoms with E-state index in [1.807, 2.05) is 0 Å². The zero-order valence-electron chi connectivity index (χ0n) is 16.2. The SMILES string of the molecule is COC(=O)c1cc(NS(=O)(=O)c2c(C)cc(OC)cc2C)cc(C(=O)OC)c1. The van der Waals surface area contributed by atoms with E-state index >= 15 is 0 Å². The molecule has 2 aromatic rings. The van der Waals surface area contributed by atoms with Crippen molar-refractivity contribution in [3.63, 3.8) is 0 Å². The molecule has 0 aliphatic rings. The van der Waals surface area contributed by atoms with Gasteiger partial charge in [0.1, 0.15) is 5.75 Å². The maximum absolute atomic E-state index is 13.0. The predicted molar refractivity (Wildman–Crippen MR) is 102 cm³/mol. The highest BCUT2D eigenvalue weighted by molar-refractivity contribution is 7.92. The van der Waals surface area contributed by atoms with Gasteiger partial charge in [0, 0.05) is 0 Å². The molecule has 150 valence electrons. The van der Waals surface area contributed by atoms with Gasteiger partial charge in [0.05, 0.1) is 43.0 Å². The number of carbonyl (C=O) groups is 2. The van der Waals surface area contributed by atoms with Crippen molar-refractivity contribution in [3.05, 3.63) is 52.6 Å². The van der Waals surface area contributed by atoms with Gasteiger partial charge in [-0.05, 0) is 55.3 Å². The number of aryl methyl sites for hydroxylation is 2. The Hall–Kier alpha value is -3.07. The van der Waals surface area contributed by atoms with Gasteiger partial charge in [-0.25, -0.2) is 18.0 Å². The molecule has 0 saturated carbocycles. The smallest absolute Gasteiger partial charge is 0.337 e. The van der Waals surface area contributed by atoms with Crippen LogP contribution in [0.3, 0.4) is 0 Å². The monoisotopic (exact) mass is 407 g/mol. The molecule has 2 rings (SSSR count). The molecular weight excluding hydrogens is 386 g/mol. The number of hydrogen-bond acceptors (Lipinski definition) is 7. The number of nitrogens with one attached hydrogen (secondary N) is 1. The number of anilines is 1. The van der Waals surface area contributed by atoms with Crippen LogP contribution < -0.4 is 9.46 Å². The minimum atomic E-state index is -4.01. The number of rotatable bonds is 6. The fourth-order valence-electron chi connectivity index (χ4n) is 2.82. The Morgan fingerprint density at radius 1 is 0.821 bits per heavy atom. The summed E-state index contributed by atoms with van der Waals surface area (Å²) in [6.07, 6.45) is 0. The van der Waals surface area contributed by atoms with Crippen LogP contribution in [-0.4, -0.2) is 41.7 Å². The quantitative estimate of drug-likeness (QED) is 0.734. The van der Waals surface area contributed by atoms with E-state index in [0.29, 0.717) is 16.9 Å². The molecule has 0 aliphatic carbocycles. The summed E-state index contributed by atoms with van der Waals surface area (Å²) in [5.74, 6) is -0.902. The van der Waals surface area contributed by atoms with Crippen molar-refractivity contribution in [2.75, 3.05) is 26.1 Å². The van der Waals surface area contributed by atoms with Crippen molar-refractivity contribution >= 4 is 27.6 Å². The highest BCUT2D eigenvalue weighted by Gasteiger charge is 2.22. The van der Waals surface area contributed by atoms with Gasteiger partial charge in [0.25, 0.3) is 10.0 Å². The van der Waals surface area contributed by atoms with E-state index in [9.17, 15) is 18.0 Å². The third kappa shape index (κ3) is 4.42. The first-order chi connectivity index (χ1) is 13.1. The number of esters is 2. The fraction of sp³-hybridized carbons (Fsp3) is 0.263. The lowest BCUT2D eigenvalue weighted by Crippen LogP contribution is -2.17. The molecule has 0 radical (unpaired) electrons. The molecule has 0 spiro atoms. The van der Waals surface area contributed by atoms with Gasteiger partial charge < -0.3 is 14.2 Å². The van der Waals surface area contributed by atoms with Crippen LogP contribution in [0, 0.1) is 13.8 Å². The van der Waals surface area contributed by atoms with Crippen LogP contribution in [0.2, 0.25) is 0 Å². The molecule has 2 aromatic carbocycles. The van der Waals surface area contributed by atoms with Crippen LogP contribution >= 0.6 is 0 Å². The lowest BCUT2D eigenvalue weighted by atomic mass is 10.1. The average molecular weight is 407 g/mol. The van der Waals surface area contributed by atoms with Crippen LogP contribution in [0.1, 0.15) is 31.8 Å². The van der Waals surface area contributed by atoms with Crippen molar-refractivity contribution in [3.8, 4) is 5.75 Å². The zero-order valence-corrected chi connectivity index (χ0v) is 17.0. The largest absolute Gasteiger partial charge is 0.497 e. The number of methoxy groups -OCH3 is 3. The lowest BCUT2D eigenvalue weighted by molar-refractivity contribution is 0.0599. The van der Waals surface area contributed by atoms with Gasteiger partial charge in [-0.1, -0.05) is 0 Å². The Morgan fingerprint density at radius 3 is 1.68 bits per heavy atom. The summed E-state index contributed by atoms with van der Waals surface area (Å²) in [6.45, 7) is 3.30. The lowest BCUT2D eigenvalue weighted by Gasteiger charge is -2.15. The van der Waals surface area contributed by atoms with Gasteiger partial charge in [0.15, 0.2) is 0 Å². The first-order valence-corrected chi connectivity index (χ1v) is 9.61. The number of benzene rings is 2. The van der Waals surface area contributed by atoms with Crippen molar-refractivity contribution in [1.82, 2.24) is 0 Å². The van der Waals surface area contributed by atoms with E-state index < -0.39 is 22.0 Å². The highest BCUT2D eigenvalue weighted by Crippen LogP contribution is 2.28. The van der Waals surface area contributed by atoms with E-state index in [-0.39, 0.29) is 21.7 Å². The van der Waals surface area contributed by atoms with Crippen LogP contribution in [-0.2, 0) is 19.5 Å². The minimum absolute atomic E-state index is 0.00581. The average Bonchev–Trinajstić information content (AvgIpc) is 2.64. The van der Waals surface area contributed by atoms with Crippen LogP contribution in [0.4, 0.5) is 5.69 Å². The maximum atomic E-state index is 13.0. The normalized spacial score (nSPS) is 10.9. The second-order valence-corrected chi connectivity index (χ2v) is 7.60. The summed E-state index contributed by atoms with van der Waals surface area (Å²) in [5, 5.41) is 0. The Balaban J connectivity index is 2.54. The summed E-state index contributed by atoms with van der Waals surface area (Å²) in [4.78, 5) is 23.8. The fourth-order valence-corrected chi connectivity index (χ4v) is 4.31. The van der Waals surface area contributed by atoms with Crippen LogP contribution in [0.15, 0.2) is 35.2 Å². The number of hydrogen-bond donors (Lipinski definition) is 1. The molecule has 0 fully saturated rings. The van der Waals surface area contributed by atoms with Gasteiger partial charge in [0.2, 0.25) is 0 Å². The first kappa shape index (κ1) is 21.2. The highest BCUT2D eigenvalue weighted by atomic mass is 32.2. The summed E-state index contributed by atoms with van der Waals surface area (Å²) < 4.78 is 42.8. The van der Waals surface area contributed by atoms with Crippen molar-refractivity contribution in [2.24, 2.45) is 0 Å². The van der Waals surface area contributed by atoms with E-state index in [4.69, 9.17) is 4.74 Å². The second-order valence-electron chi connectivity index (χ2n) is 5.98. The Bertz CT molecular complexity index is 971. The summed E-state index contributed by atoms with van der Waals surface area (Å²) in [7, 11) is -0.151. The Kier molecular flexibility index (Phi) is 6.30. The Morgan fingerprint density at radius 2 is 1.29 bits per heavy atom. The third-order valence-electron chi connectivity index (χ3n) is 3.97. The summed E-state index contributed by atoms with van der Waals surface area (Å²) in [6, 6.07) is 7.03. The molecule has 1 N–H and O–H groups in total. The molecule has 8 nitrogen and oxygen atoms in total. The molecule has 0 saturated heterocycles. The standard InChI is InChI=1S/C19H21NO7S/c1-11-6-16(25-3)7-12(2)17(11)28(23,24)20-15-9-13(18(21)26-4)8-14(10-15)19(22)27-5/h6-10,20H,1-5H3. The molecule has 28 heavy (non-hydrogen) atoms. The van der Waals surface area contributed by atoms with E-state index in [1.165, 1.54) is 39.5 Å². The Labute approximate surface area is 163 Å². The molecule has 9 heteroatoms. The summed E-state index contributed by atoms with van der Waals surface area (Å²) >= 11 is 0. The molecular formula is C19H21NO7S. The maximum Gasteiger partial charge on any atom is 0.337 e. The predicted octanol–water partition coefficient (Wildman–Crippen LogP) is 2.69. The number of sulfonamides is 1. The summed E-state index contributed by atoms with van der Waals surface area (Å²) in [5.41, 5.74) is 1.01. The van der Waals surface area contributed by atoms with Crippen LogP contribution in [0.5, 0.6) is 5.75 Å². The van der Waals surface area contributed by atoms with Gasteiger partial charge >= 0.3 is 11.9 Å². The van der Waals surface area contributed by atoms with Crippen molar-refractivity contribution < 1.29 is 32.2 Å². The molecule has 0 aliphatic heterocycles. The first-order valence-electron chi connectivity index (χ1n) is 8.12. The van der Waals surface area contributed by atoms with Crippen molar-refractivity contribution in [1.29, 1.82) is 0 Å². The van der Waals surface area contributed by atoms with Gasteiger partial charge in [-0.2, -0.15) is 0 Å². The molecule has 0 unspecified atom stereocenters. The van der Waals surface area contributed by atoms with E-state index in [1.54, 1.807) is 26.0 Å². The van der Waals surface area contributed by atoms with E-state index in [2.05, 4.69) is 14.2 Å². The van der Waals surface area contributed by atoms with E-state index in [0.717, 1.165) is 0 Å². The number of ether oxygens (including phenoxy) is 3. The minimum Gasteiger partial charge on any atom is -0.497 e. The molecule has 0 heterocycles. The molecule has 0 amide bonds. The van der Waals surface area contributed by atoms with Crippen LogP contribution in [0.25, 0.3) is 0 Å². The molecule has 0 bridgehead atoms. The van der Waals surface area contributed by atoms with Crippen molar-refractivity contribution in [2.45, 2.75) is 18.7 Å². The number of carbonyl (C=O) groups excluding carboxylic acids is 2. The van der Waals surface area contributed by atoms with Gasteiger partial charge in [-0.15, -0.1) is 0 Å². The molecule has 0 atom stereocenters. The topological polar surface area (TPSA) is 108 Å². The second kappa shape index (κ2) is 8.30. The third-order valence-corrected chi connectivity index (χ3v) is 5.65. The zero-order chi connectivity index (χ0) is 21.1.